The van der Waals surface area contributed by atoms with Gasteiger partial charge in [-0.05, 0) is 42.8 Å². The molecule has 0 amide bonds. The minimum atomic E-state index is -0.0950. The molecule has 0 saturated heterocycles. The van der Waals surface area contributed by atoms with Crippen LogP contribution in [0.5, 0.6) is 11.5 Å². The standard InChI is InChI=1S/C19H19NO3/c1-12-16(22-4)10-9-15-18(21)17(23-19(12)15)11-13-5-7-14(8-6-13)20(2)3/h5-11H,1-4H3/b17-11-. The van der Waals surface area contributed by atoms with E-state index in [0.29, 0.717) is 22.8 Å². The molecule has 23 heavy (non-hydrogen) atoms. The number of rotatable bonds is 3. The lowest BCUT2D eigenvalue weighted by atomic mass is 10.1. The number of hydrogen-bond acceptors (Lipinski definition) is 4. The van der Waals surface area contributed by atoms with Gasteiger partial charge in [0.1, 0.15) is 11.5 Å². The molecule has 1 heterocycles. The predicted molar refractivity (Wildman–Crippen MR) is 91.4 cm³/mol. The first kappa shape index (κ1) is 15.2. The van der Waals surface area contributed by atoms with Crippen molar-refractivity contribution in [2.75, 3.05) is 26.1 Å². The van der Waals surface area contributed by atoms with Gasteiger partial charge in [0.2, 0.25) is 5.78 Å². The number of ether oxygens (including phenoxy) is 2. The number of fused-ring (bicyclic) bond motifs is 1. The van der Waals surface area contributed by atoms with Crippen LogP contribution in [-0.4, -0.2) is 27.0 Å². The van der Waals surface area contributed by atoms with Gasteiger partial charge in [-0.3, -0.25) is 4.79 Å². The molecule has 2 aromatic carbocycles. The molecule has 0 aliphatic carbocycles. The van der Waals surface area contributed by atoms with E-state index in [9.17, 15) is 4.79 Å². The number of ketones is 1. The number of methoxy groups -OCH3 is 1. The van der Waals surface area contributed by atoms with Gasteiger partial charge in [0.25, 0.3) is 0 Å². The molecule has 0 N–H and O–H groups in total. The first-order chi connectivity index (χ1) is 11.0. The normalized spacial score (nSPS) is 14.6. The Bertz CT molecular complexity index is 789. The molecule has 4 heteroatoms. The zero-order valence-electron chi connectivity index (χ0n) is 13.7. The van der Waals surface area contributed by atoms with Crippen molar-refractivity contribution in [2.45, 2.75) is 6.92 Å². The van der Waals surface area contributed by atoms with Crippen LogP contribution in [0, 0.1) is 6.92 Å². The average molecular weight is 309 g/mol. The topological polar surface area (TPSA) is 38.8 Å². The smallest absolute Gasteiger partial charge is 0.231 e. The van der Waals surface area contributed by atoms with Crippen molar-refractivity contribution in [1.82, 2.24) is 0 Å². The van der Waals surface area contributed by atoms with Gasteiger partial charge in [-0.25, -0.2) is 0 Å². The number of carbonyl (C=O) groups is 1. The van der Waals surface area contributed by atoms with Crippen LogP contribution in [0.4, 0.5) is 5.69 Å². The predicted octanol–water partition coefficient (Wildman–Crippen LogP) is 3.69. The van der Waals surface area contributed by atoms with E-state index in [1.807, 2.05) is 50.2 Å². The number of anilines is 1. The number of hydrogen-bond donors (Lipinski definition) is 0. The largest absolute Gasteiger partial charge is 0.496 e. The summed E-state index contributed by atoms with van der Waals surface area (Å²) in [5, 5.41) is 0. The highest BCUT2D eigenvalue weighted by atomic mass is 16.5. The van der Waals surface area contributed by atoms with Gasteiger partial charge in [0.15, 0.2) is 5.76 Å². The van der Waals surface area contributed by atoms with E-state index in [4.69, 9.17) is 9.47 Å². The Kier molecular flexibility index (Phi) is 3.82. The Morgan fingerprint density at radius 1 is 1.09 bits per heavy atom. The second-order valence-electron chi connectivity index (χ2n) is 5.70. The molecule has 0 saturated carbocycles. The highest BCUT2D eigenvalue weighted by Gasteiger charge is 2.29. The Balaban J connectivity index is 1.93. The van der Waals surface area contributed by atoms with Gasteiger partial charge in [-0.1, -0.05) is 12.1 Å². The number of allylic oxidation sites excluding steroid dienone is 1. The van der Waals surface area contributed by atoms with Crippen molar-refractivity contribution in [2.24, 2.45) is 0 Å². The number of carbonyl (C=O) groups excluding carboxylic acids is 1. The third kappa shape index (κ3) is 2.68. The summed E-state index contributed by atoms with van der Waals surface area (Å²) in [5.41, 5.74) is 3.45. The van der Waals surface area contributed by atoms with E-state index < -0.39 is 0 Å². The van der Waals surface area contributed by atoms with E-state index in [2.05, 4.69) is 0 Å². The zero-order valence-corrected chi connectivity index (χ0v) is 13.7. The Morgan fingerprint density at radius 3 is 2.39 bits per heavy atom. The van der Waals surface area contributed by atoms with Gasteiger partial charge in [-0.2, -0.15) is 0 Å². The summed E-state index contributed by atoms with van der Waals surface area (Å²) in [6.45, 7) is 1.89. The molecular weight excluding hydrogens is 290 g/mol. The molecule has 3 rings (SSSR count). The highest BCUT2D eigenvalue weighted by molar-refractivity contribution is 6.14. The summed E-state index contributed by atoms with van der Waals surface area (Å²) in [6.07, 6.45) is 1.77. The van der Waals surface area contributed by atoms with Crippen LogP contribution in [0.25, 0.3) is 6.08 Å². The Labute approximate surface area is 135 Å². The lowest BCUT2D eigenvalue weighted by Crippen LogP contribution is -2.08. The Morgan fingerprint density at radius 2 is 1.78 bits per heavy atom. The fourth-order valence-electron chi connectivity index (χ4n) is 2.61. The third-order valence-electron chi connectivity index (χ3n) is 3.96. The van der Waals surface area contributed by atoms with Crippen molar-refractivity contribution in [3.63, 3.8) is 0 Å². The van der Waals surface area contributed by atoms with Crippen LogP contribution in [0.3, 0.4) is 0 Å². The van der Waals surface area contributed by atoms with E-state index in [1.165, 1.54) is 0 Å². The summed E-state index contributed by atoms with van der Waals surface area (Å²) in [7, 11) is 5.59. The average Bonchev–Trinajstić information content (AvgIpc) is 2.86. The maximum Gasteiger partial charge on any atom is 0.231 e. The van der Waals surface area contributed by atoms with E-state index in [0.717, 1.165) is 16.8 Å². The Hall–Kier alpha value is -2.75. The van der Waals surface area contributed by atoms with E-state index >= 15 is 0 Å². The minimum Gasteiger partial charge on any atom is -0.496 e. The molecule has 0 aromatic heterocycles. The van der Waals surface area contributed by atoms with Gasteiger partial charge in [0, 0.05) is 25.3 Å². The van der Waals surface area contributed by atoms with Crippen LogP contribution < -0.4 is 14.4 Å². The maximum atomic E-state index is 12.5. The molecule has 0 atom stereocenters. The maximum absolute atomic E-state index is 12.5. The molecule has 1 aliphatic rings. The van der Waals surface area contributed by atoms with Crippen LogP contribution in [-0.2, 0) is 0 Å². The van der Waals surface area contributed by atoms with Gasteiger partial charge >= 0.3 is 0 Å². The molecule has 118 valence electrons. The van der Waals surface area contributed by atoms with Crippen LogP contribution in [0.1, 0.15) is 21.5 Å². The molecular formula is C19H19NO3. The third-order valence-corrected chi connectivity index (χ3v) is 3.96. The van der Waals surface area contributed by atoms with Crippen LogP contribution in [0.2, 0.25) is 0 Å². The quantitative estimate of drug-likeness (QED) is 0.811. The second-order valence-corrected chi connectivity index (χ2v) is 5.70. The lowest BCUT2D eigenvalue weighted by molar-refractivity contribution is 0.101. The first-order valence-electron chi connectivity index (χ1n) is 7.40. The van der Waals surface area contributed by atoms with Crippen LogP contribution in [0.15, 0.2) is 42.2 Å². The summed E-state index contributed by atoms with van der Waals surface area (Å²) < 4.78 is 11.1. The van der Waals surface area contributed by atoms with Crippen molar-refractivity contribution in [3.05, 3.63) is 58.8 Å². The highest BCUT2D eigenvalue weighted by Crippen LogP contribution is 2.39. The molecule has 0 unspecified atom stereocenters. The molecule has 2 aromatic rings. The summed E-state index contributed by atoms with van der Waals surface area (Å²) in [5.74, 6) is 1.55. The fraction of sp³-hybridized carbons (Fsp3) is 0.211. The molecule has 1 aliphatic heterocycles. The molecule has 4 nitrogen and oxygen atoms in total. The van der Waals surface area contributed by atoms with Gasteiger partial charge in [0.05, 0.1) is 12.7 Å². The van der Waals surface area contributed by atoms with E-state index in [-0.39, 0.29) is 5.78 Å². The number of Topliss-reactive ketones (excluding diaryl/α,β-unsaturated/α-hetero) is 1. The van der Waals surface area contributed by atoms with Crippen molar-refractivity contribution in [3.8, 4) is 11.5 Å². The molecule has 0 radical (unpaired) electrons. The molecule has 0 spiro atoms. The van der Waals surface area contributed by atoms with Crippen molar-refractivity contribution < 1.29 is 14.3 Å². The van der Waals surface area contributed by atoms with Gasteiger partial charge in [-0.15, -0.1) is 0 Å². The van der Waals surface area contributed by atoms with Crippen molar-refractivity contribution in [1.29, 1.82) is 0 Å². The monoisotopic (exact) mass is 309 g/mol. The van der Waals surface area contributed by atoms with Crippen LogP contribution >= 0.6 is 0 Å². The second kappa shape index (κ2) is 5.80. The zero-order chi connectivity index (χ0) is 16.6. The summed E-state index contributed by atoms with van der Waals surface area (Å²) in [6, 6.07) is 11.5. The number of nitrogens with zero attached hydrogens (tertiary/aromatic N) is 1. The lowest BCUT2D eigenvalue weighted by Gasteiger charge is -2.11. The van der Waals surface area contributed by atoms with Crippen molar-refractivity contribution >= 4 is 17.5 Å². The fourth-order valence-corrected chi connectivity index (χ4v) is 2.61. The summed E-state index contributed by atoms with van der Waals surface area (Å²) in [4.78, 5) is 14.5. The summed E-state index contributed by atoms with van der Waals surface area (Å²) >= 11 is 0. The molecule has 0 bridgehead atoms. The number of benzene rings is 2. The molecule has 0 fully saturated rings. The minimum absolute atomic E-state index is 0.0950. The van der Waals surface area contributed by atoms with E-state index in [1.54, 1.807) is 25.3 Å². The van der Waals surface area contributed by atoms with Gasteiger partial charge < -0.3 is 14.4 Å². The SMILES string of the molecule is COc1ccc2c(c1C)O/C(=C\c1ccc(N(C)C)cc1)C2=O. The first-order valence-corrected chi connectivity index (χ1v) is 7.40.